The standard InChI is InChI=1S/C5H8O2.Ba/c1-4(6)3-5(2)7;/h3,6H,1-2H3;/q;+2/p-1/b4-3-;. The molecule has 0 fully saturated rings. The maximum absolute atomic E-state index is 9.98. The molecule has 0 rings (SSSR count). The van der Waals surface area contributed by atoms with E-state index in [1.54, 1.807) is 0 Å². The van der Waals surface area contributed by atoms with Crippen LogP contribution in [0.1, 0.15) is 13.8 Å². The third-order valence-electron chi connectivity index (χ3n) is 0.407. The number of carbonyl (C=O) groups is 1. The van der Waals surface area contributed by atoms with Gasteiger partial charge >= 0.3 is 48.9 Å². The molecule has 0 heterocycles. The third kappa shape index (κ3) is 9.91. The van der Waals surface area contributed by atoms with Crippen LogP contribution in [0.15, 0.2) is 11.8 Å². The fraction of sp³-hybridized carbons (Fsp3) is 0.400. The first kappa shape index (κ1) is 11.6. The maximum atomic E-state index is 9.98. The Balaban J connectivity index is 0. The quantitative estimate of drug-likeness (QED) is 0.348. The molecule has 0 unspecified atom stereocenters. The first-order valence-corrected chi connectivity index (χ1v) is 1.99. The van der Waals surface area contributed by atoms with E-state index >= 15 is 0 Å². The normalized spacial score (nSPS) is 10.0. The third-order valence-corrected chi connectivity index (χ3v) is 0.407. The summed E-state index contributed by atoms with van der Waals surface area (Å²) in [5.41, 5.74) is 0. The van der Waals surface area contributed by atoms with Crippen molar-refractivity contribution in [2.75, 3.05) is 0 Å². The first-order valence-electron chi connectivity index (χ1n) is 1.99. The molecule has 0 aromatic rings. The minimum absolute atomic E-state index is 0. The van der Waals surface area contributed by atoms with Gasteiger partial charge in [-0.05, 0) is 13.0 Å². The van der Waals surface area contributed by atoms with Crippen LogP contribution < -0.4 is 5.11 Å². The van der Waals surface area contributed by atoms with Crippen molar-refractivity contribution in [1.29, 1.82) is 0 Å². The Kier molecular flexibility index (Phi) is 8.54. The molecule has 0 atom stereocenters. The predicted octanol–water partition coefficient (Wildman–Crippen LogP) is -0.541. The molecule has 2 nitrogen and oxygen atoms in total. The van der Waals surface area contributed by atoms with Crippen LogP contribution in [0.5, 0.6) is 0 Å². The summed E-state index contributed by atoms with van der Waals surface area (Å²) in [6, 6.07) is 0. The number of hydrogen-bond donors (Lipinski definition) is 0. The smallest absolute Gasteiger partial charge is 0.876 e. The Morgan fingerprint density at radius 1 is 1.50 bits per heavy atom. The number of ketones is 1. The fourth-order valence-electron chi connectivity index (χ4n) is 0.286. The zero-order chi connectivity index (χ0) is 5.86. The number of hydrogen-bond acceptors (Lipinski definition) is 2. The molecule has 0 saturated heterocycles. The summed E-state index contributed by atoms with van der Waals surface area (Å²) in [5.74, 6) is -0.375. The summed E-state index contributed by atoms with van der Waals surface area (Å²) in [6.45, 7) is 2.70. The zero-order valence-corrected chi connectivity index (χ0v) is 9.54. The number of allylic oxidation sites excluding steroid dienone is 2. The SMILES string of the molecule is CC(=O)/C=C(/C)[O-].[Ba+2]. The largest absolute Gasteiger partial charge is 2.00 e. The van der Waals surface area contributed by atoms with Crippen molar-refractivity contribution >= 4 is 54.7 Å². The summed E-state index contributed by atoms with van der Waals surface area (Å²) in [5, 5.41) is 9.98. The number of carbonyl (C=O) groups excluding carboxylic acids is 1. The van der Waals surface area contributed by atoms with Crippen molar-refractivity contribution in [3.63, 3.8) is 0 Å². The Labute approximate surface area is 89.0 Å². The molecule has 3 heteroatoms. The van der Waals surface area contributed by atoms with Crippen LogP contribution in [0, 0.1) is 0 Å². The Morgan fingerprint density at radius 3 is 1.88 bits per heavy atom. The molecule has 0 amide bonds. The van der Waals surface area contributed by atoms with Gasteiger partial charge in [-0.2, -0.15) is 0 Å². The van der Waals surface area contributed by atoms with Gasteiger partial charge in [0.15, 0.2) is 5.78 Å². The minimum Gasteiger partial charge on any atom is -0.876 e. The molecular weight excluding hydrogens is 229 g/mol. The molecule has 0 aliphatic rings. The van der Waals surface area contributed by atoms with Crippen molar-refractivity contribution in [3.05, 3.63) is 11.8 Å². The summed E-state index contributed by atoms with van der Waals surface area (Å²) >= 11 is 0. The van der Waals surface area contributed by atoms with E-state index in [1.165, 1.54) is 13.8 Å². The van der Waals surface area contributed by atoms with E-state index in [-0.39, 0.29) is 60.4 Å². The second-order valence-corrected chi connectivity index (χ2v) is 1.37. The fourth-order valence-corrected chi connectivity index (χ4v) is 0.286. The van der Waals surface area contributed by atoms with Crippen LogP contribution >= 0.6 is 0 Å². The molecule has 0 saturated carbocycles. The van der Waals surface area contributed by atoms with E-state index in [2.05, 4.69) is 0 Å². The molecular formula is C5H7BaO2+. The molecule has 0 bridgehead atoms. The predicted molar refractivity (Wildman–Crippen MR) is 30.2 cm³/mol. The van der Waals surface area contributed by atoms with E-state index in [0.29, 0.717) is 0 Å². The maximum Gasteiger partial charge on any atom is 2.00 e. The van der Waals surface area contributed by atoms with Crippen molar-refractivity contribution in [1.82, 2.24) is 0 Å². The van der Waals surface area contributed by atoms with Crippen molar-refractivity contribution < 1.29 is 9.90 Å². The average molecular weight is 236 g/mol. The Hall–Kier alpha value is 0.781. The van der Waals surface area contributed by atoms with Gasteiger partial charge in [0.1, 0.15) is 0 Å². The van der Waals surface area contributed by atoms with Crippen LogP contribution in [0.3, 0.4) is 0 Å². The Bertz CT molecular complexity index is 103. The average Bonchev–Trinajstić information content (AvgIpc) is 1.27. The molecule has 0 aliphatic heterocycles. The van der Waals surface area contributed by atoms with Gasteiger partial charge < -0.3 is 5.11 Å². The van der Waals surface area contributed by atoms with Crippen LogP contribution in [0.4, 0.5) is 0 Å². The topological polar surface area (TPSA) is 40.1 Å². The molecule has 0 aliphatic carbocycles. The first-order chi connectivity index (χ1) is 3.13. The van der Waals surface area contributed by atoms with Gasteiger partial charge in [0.2, 0.25) is 0 Å². The van der Waals surface area contributed by atoms with E-state index < -0.39 is 0 Å². The van der Waals surface area contributed by atoms with Crippen LogP contribution in [-0.4, -0.2) is 54.7 Å². The summed E-state index contributed by atoms with van der Waals surface area (Å²) in [7, 11) is 0. The van der Waals surface area contributed by atoms with Gasteiger partial charge in [0, 0.05) is 0 Å². The molecule has 8 heavy (non-hydrogen) atoms. The van der Waals surface area contributed by atoms with Gasteiger partial charge in [-0.3, -0.25) is 4.79 Å². The van der Waals surface area contributed by atoms with E-state index in [0.717, 1.165) is 6.08 Å². The molecule has 0 spiro atoms. The van der Waals surface area contributed by atoms with Gasteiger partial charge in [0.05, 0.1) is 0 Å². The molecule has 40 valence electrons. The van der Waals surface area contributed by atoms with Crippen LogP contribution in [0.2, 0.25) is 0 Å². The minimum atomic E-state index is -0.187. The van der Waals surface area contributed by atoms with E-state index in [9.17, 15) is 9.90 Å². The van der Waals surface area contributed by atoms with E-state index in [1.807, 2.05) is 0 Å². The molecule has 0 N–H and O–H groups in total. The van der Waals surface area contributed by atoms with Crippen molar-refractivity contribution in [2.45, 2.75) is 13.8 Å². The monoisotopic (exact) mass is 237 g/mol. The van der Waals surface area contributed by atoms with E-state index in [4.69, 9.17) is 0 Å². The van der Waals surface area contributed by atoms with Gasteiger partial charge in [-0.15, -0.1) is 5.76 Å². The summed E-state index contributed by atoms with van der Waals surface area (Å²) < 4.78 is 0. The molecule has 0 aromatic heterocycles. The Morgan fingerprint density at radius 2 is 1.88 bits per heavy atom. The molecule has 0 radical (unpaired) electrons. The second kappa shape index (κ2) is 5.91. The molecule has 0 aromatic carbocycles. The van der Waals surface area contributed by atoms with Crippen LogP contribution in [-0.2, 0) is 4.79 Å². The summed E-state index contributed by atoms with van der Waals surface area (Å²) in [6.07, 6.45) is 1.06. The van der Waals surface area contributed by atoms with Crippen LogP contribution in [0.25, 0.3) is 0 Å². The summed E-state index contributed by atoms with van der Waals surface area (Å²) in [4.78, 5) is 9.98. The zero-order valence-electron chi connectivity index (χ0n) is 5.10. The second-order valence-electron chi connectivity index (χ2n) is 1.37. The van der Waals surface area contributed by atoms with Gasteiger partial charge in [0.25, 0.3) is 0 Å². The number of rotatable bonds is 1. The van der Waals surface area contributed by atoms with Crippen molar-refractivity contribution in [2.24, 2.45) is 0 Å². The van der Waals surface area contributed by atoms with Gasteiger partial charge in [-0.25, -0.2) is 0 Å². The van der Waals surface area contributed by atoms with Gasteiger partial charge in [-0.1, -0.05) is 6.92 Å². The van der Waals surface area contributed by atoms with Crippen molar-refractivity contribution in [3.8, 4) is 0 Å².